The summed E-state index contributed by atoms with van der Waals surface area (Å²) in [4.78, 5) is 0. The molecule has 0 bridgehead atoms. The second-order valence-corrected chi connectivity index (χ2v) is 5.11. The minimum atomic E-state index is -0.00719. The highest BCUT2D eigenvalue weighted by Crippen LogP contribution is 2.11. The molecule has 0 fully saturated rings. The normalized spacial score (nSPS) is 11.6. The summed E-state index contributed by atoms with van der Waals surface area (Å²) in [6, 6.07) is 0. The lowest BCUT2D eigenvalue weighted by Gasteiger charge is -2.17. The predicted octanol–water partition coefficient (Wildman–Crippen LogP) is 4.64. The molecular weight excluding hydrogens is 268 g/mol. The third-order valence-corrected chi connectivity index (χ3v) is 2.95. The molecule has 126 valence electrons. The van der Waals surface area contributed by atoms with Crippen molar-refractivity contribution in [1.82, 2.24) is 0 Å². The summed E-state index contributed by atoms with van der Waals surface area (Å²) in [6.07, 6.45) is 12.8. The van der Waals surface area contributed by atoms with Crippen molar-refractivity contribution in [2.45, 2.75) is 71.5 Å². The number of rotatable bonds is 16. The standard InChI is InChI=1S/C17H34O4/c1-4-13-20-17(21-14-5-2)12-10-8-6-7-9-11-15-19-16-18-3/h11,15,17H,4-10,12-14,16H2,1-3H3. The minimum absolute atomic E-state index is 0.00719. The van der Waals surface area contributed by atoms with E-state index in [0.717, 1.165) is 38.9 Å². The second kappa shape index (κ2) is 17.5. The Morgan fingerprint density at radius 2 is 1.57 bits per heavy atom. The van der Waals surface area contributed by atoms with Gasteiger partial charge < -0.3 is 18.9 Å². The van der Waals surface area contributed by atoms with Gasteiger partial charge in [-0.3, -0.25) is 0 Å². The summed E-state index contributed by atoms with van der Waals surface area (Å²) in [5, 5.41) is 0. The van der Waals surface area contributed by atoms with Crippen LogP contribution in [0.1, 0.15) is 65.2 Å². The summed E-state index contributed by atoms with van der Waals surface area (Å²) in [5.74, 6) is 0. The van der Waals surface area contributed by atoms with Crippen LogP contribution in [-0.2, 0) is 18.9 Å². The van der Waals surface area contributed by atoms with E-state index in [1.54, 1.807) is 13.4 Å². The van der Waals surface area contributed by atoms with E-state index in [1.807, 2.05) is 0 Å². The number of allylic oxidation sites excluding steroid dienone is 1. The first-order chi connectivity index (χ1) is 10.3. The molecule has 0 aliphatic carbocycles. The van der Waals surface area contributed by atoms with Gasteiger partial charge in [-0.25, -0.2) is 0 Å². The molecule has 0 saturated carbocycles. The summed E-state index contributed by atoms with van der Waals surface area (Å²) in [7, 11) is 1.62. The zero-order chi connectivity index (χ0) is 15.6. The van der Waals surface area contributed by atoms with E-state index in [0.29, 0.717) is 6.79 Å². The molecule has 0 amide bonds. The highest BCUT2D eigenvalue weighted by Gasteiger charge is 2.07. The molecule has 0 rings (SSSR count). The average molecular weight is 302 g/mol. The number of hydrogen-bond donors (Lipinski definition) is 0. The van der Waals surface area contributed by atoms with Crippen molar-refractivity contribution in [3.63, 3.8) is 0 Å². The van der Waals surface area contributed by atoms with Crippen LogP contribution >= 0.6 is 0 Å². The molecule has 0 heterocycles. The topological polar surface area (TPSA) is 36.9 Å². The van der Waals surface area contributed by atoms with Crippen molar-refractivity contribution in [3.8, 4) is 0 Å². The zero-order valence-electron chi connectivity index (χ0n) is 14.1. The Hall–Kier alpha value is -0.580. The van der Waals surface area contributed by atoms with Gasteiger partial charge in [-0.05, 0) is 44.6 Å². The molecule has 0 spiro atoms. The maximum Gasteiger partial charge on any atom is 0.187 e. The monoisotopic (exact) mass is 302 g/mol. The summed E-state index contributed by atoms with van der Waals surface area (Å²) in [5.41, 5.74) is 0. The van der Waals surface area contributed by atoms with Crippen molar-refractivity contribution in [2.24, 2.45) is 0 Å². The minimum Gasteiger partial charge on any atom is -0.476 e. The maximum atomic E-state index is 5.71. The molecule has 0 N–H and O–H groups in total. The van der Waals surface area contributed by atoms with Crippen LogP contribution in [0.3, 0.4) is 0 Å². The first-order valence-corrected chi connectivity index (χ1v) is 8.33. The molecule has 0 radical (unpaired) electrons. The van der Waals surface area contributed by atoms with Gasteiger partial charge in [0, 0.05) is 20.3 Å². The largest absolute Gasteiger partial charge is 0.476 e. The maximum absolute atomic E-state index is 5.71. The molecule has 0 aliphatic rings. The van der Waals surface area contributed by atoms with Gasteiger partial charge >= 0.3 is 0 Å². The Balaban J connectivity index is 3.45. The summed E-state index contributed by atoms with van der Waals surface area (Å²) >= 11 is 0. The van der Waals surface area contributed by atoms with Crippen molar-refractivity contribution in [1.29, 1.82) is 0 Å². The lowest BCUT2D eigenvalue weighted by atomic mass is 10.1. The lowest BCUT2D eigenvalue weighted by Crippen LogP contribution is -2.18. The Kier molecular flexibility index (Phi) is 17.0. The summed E-state index contributed by atoms with van der Waals surface area (Å²) < 4.78 is 21.3. The number of hydrogen-bond acceptors (Lipinski definition) is 4. The van der Waals surface area contributed by atoms with E-state index < -0.39 is 0 Å². The highest BCUT2D eigenvalue weighted by atomic mass is 16.7. The van der Waals surface area contributed by atoms with Crippen molar-refractivity contribution < 1.29 is 18.9 Å². The third kappa shape index (κ3) is 15.6. The van der Waals surface area contributed by atoms with Crippen LogP contribution in [0.15, 0.2) is 12.3 Å². The molecule has 0 saturated heterocycles. The van der Waals surface area contributed by atoms with Crippen LogP contribution < -0.4 is 0 Å². The second-order valence-electron chi connectivity index (χ2n) is 5.11. The fourth-order valence-electron chi connectivity index (χ4n) is 1.88. The highest BCUT2D eigenvalue weighted by molar-refractivity contribution is 4.72. The van der Waals surface area contributed by atoms with Gasteiger partial charge in [0.15, 0.2) is 13.1 Å². The van der Waals surface area contributed by atoms with Gasteiger partial charge in [0.2, 0.25) is 0 Å². The molecule has 0 atom stereocenters. The molecular formula is C17H34O4. The van der Waals surface area contributed by atoms with E-state index in [1.165, 1.54) is 25.7 Å². The van der Waals surface area contributed by atoms with Crippen molar-refractivity contribution >= 4 is 0 Å². The molecule has 0 aromatic rings. The fraction of sp³-hybridized carbons (Fsp3) is 0.882. The van der Waals surface area contributed by atoms with E-state index in [9.17, 15) is 0 Å². The van der Waals surface area contributed by atoms with Crippen LogP contribution in [0.25, 0.3) is 0 Å². The molecule has 4 nitrogen and oxygen atoms in total. The van der Waals surface area contributed by atoms with Crippen LogP contribution in [0.5, 0.6) is 0 Å². The fourth-order valence-corrected chi connectivity index (χ4v) is 1.88. The molecule has 0 aromatic carbocycles. The van der Waals surface area contributed by atoms with Gasteiger partial charge in [-0.15, -0.1) is 0 Å². The van der Waals surface area contributed by atoms with Crippen LogP contribution in [0, 0.1) is 0 Å². The Morgan fingerprint density at radius 1 is 0.905 bits per heavy atom. The van der Waals surface area contributed by atoms with E-state index >= 15 is 0 Å². The van der Waals surface area contributed by atoms with E-state index in [2.05, 4.69) is 19.9 Å². The Labute approximate surface area is 130 Å². The quantitative estimate of drug-likeness (QED) is 0.236. The number of methoxy groups -OCH3 is 1. The third-order valence-electron chi connectivity index (χ3n) is 2.95. The van der Waals surface area contributed by atoms with Crippen LogP contribution in [0.4, 0.5) is 0 Å². The smallest absolute Gasteiger partial charge is 0.187 e. The Morgan fingerprint density at radius 3 is 2.19 bits per heavy atom. The van der Waals surface area contributed by atoms with Gasteiger partial charge in [0.05, 0.1) is 6.26 Å². The molecule has 21 heavy (non-hydrogen) atoms. The first kappa shape index (κ1) is 20.4. The van der Waals surface area contributed by atoms with Crippen LogP contribution in [0.2, 0.25) is 0 Å². The van der Waals surface area contributed by atoms with E-state index in [4.69, 9.17) is 18.9 Å². The molecule has 0 unspecified atom stereocenters. The van der Waals surface area contributed by atoms with Gasteiger partial charge in [0.1, 0.15) is 0 Å². The van der Waals surface area contributed by atoms with Crippen LogP contribution in [-0.4, -0.2) is 33.4 Å². The van der Waals surface area contributed by atoms with E-state index in [-0.39, 0.29) is 6.29 Å². The Bertz CT molecular complexity index is 211. The zero-order valence-corrected chi connectivity index (χ0v) is 14.1. The van der Waals surface area contributed by atoms with Crippen molar-refractivity contribution in [2.75, 3.05) is 27.1 Å². The number of unbranched alkanes of at least 4 members (excludes halogenated alkanes) is 4. The first-order valence-electron chi connectivity index (χ1n) is 8.33. The number of ether oxygens (including phenoxy) is 4. The molecule has 0 aromatic heterocycles. The molecule has 0 aliphatic heterocycles. The van der Waals surface area contributed by atoms with Gasteiger partial charge in [-0.1, -0.05) is 26.7 Å². The van der Waals surface area contributed by atoms with Crippen molar-refractivity contribution in [3.05, 3.63) is 12.3 Å². The average Bonchev–Trinajstić information content (AvgIpc) is 2.51. The van der Waals surface area contributed by atoms with Gasteiger partial charge in [-0.2, -0.15) is 0 Å². The van der Waals surface area contributed by atoms with Gasteiger partial charge in [0.25, 0.3) is 0 Å². The lowest BCUT2D eigenvalue weighted by molar-refractivity contribution is -0.146. The molecule has 4 heteroatoms. The predicted molar refractivity (Wildman–Crippen MR) is 86.1 cm³/mol. The summed E-state index contributed by atoms with van der Waals surface area (Å²) in [6.45, 7) is 6.16. The SMILES string of the molecule is CCCOC(CCCCCCC=COCOC)OCCC.